The number of nitrogen functional groups attached to an aromatic ring is 1. The van der Waals surface area contributed by atoms with Gasteiger partial charge in [-0.2, -0.15) is 4.98 Å². The molecule has 0 spiro atoms. The minimum atomic E-state index is -1.03. The van der Waals surface area contributed by atoms with E-state index in [-0.39, 0.29) is 18.2 Å². The molecule has 0 radical (unpaired) electrons. The van der Waals surface area contributed by atoms with Crippen molar-refractivity contribution in [1.82, 2.24) is 20.3 Å². The SMILES string of the molecule is Nc1nc(Nc2ccc(Oc3ccnc(C(=O)NCC(O)CO)c3)cc2)cc(-c2ccccc2)n1. The summed E-state index contributed by atoms with van der Waals surface area (Å²) in [4.78, 5) is 24.7. The van der Waals surface area contributed by atoms with Crippen LogP contribution in [0.4, 0.5) is 17.5 Å². The lowest BCUT2D eigenvalue weighted by molar-refractivity contribution is 0.0798. The van der Waals surface area contributed by atoms with Gasteiger partial charge in [0.1, 0.15) is 23.0 Å². The van der Waals surface area contributed by atoms with Crippen LogP contribution in [0.15, 0.2) is 79.0 Å². The molecule has 2 aromatic heterocycles. The molecule has 4 rings (SSSR count). The average Bonchev–Trinajstić information content (AvgIpc) is 2.88. The normalized spacial score (nSPS) is 11.5. The third kappa shape index (κ3) is 6.50. The van der Waals surface area contributed by atoms with Crippen molar-refractivity contribution in [2.75, 3.05) is 24.2 Å². The van der Waals surface area contributed by atoms with E-state index in [2.05, 4.69) is 25.6 Å². The van der Waals surface area contributed by atoms with Crippen LogP contribution in [0.2, 0.25) is 0 Å². The third-order valence-electron chi connectivity index (χ3n) is 4.85. The summed E-state index contributed by atoms with van der Waals surface area (Å²) in [7, 11) is 0. The van der Waals surface area contributed by atoms with Crippen molar-refractivity contribution in [2.24, 2.45) is 0 Å². The van der Waals surface area contributed by atoms with E-state index >= 15 is 0 Å². The molecule has 10 heteroatoms. The number of pyridine rings is 1. The molecule has 6 N–H and O–H groups in total. The maximum atomic E-state index is 12.2. The predicted molar refractivity (Wildman–Crippen MR) is 131 cm³/mol. The Hall–Kier alpha value is -4.54. The van der Waals surface area contributed by atoms with E-state index in [0.717, 1.165) is 11.3 Å². The zero-order valence-electron chi connectivity index (χ0n) is 18.6. The average molecular weight is 473 g/mol. The van der Waals surface area contributed by atoms with Gasteiger partial charge in [0, 0.05) is 36.1 Å². The first kappa shape index (κ1) is 23.6. The van der Waals surface area contributed by atoms with Crippen molar-refractivity contribution < 1.29 is 19.7 Å². The van der Waals surface area contributed by atoms with Gasteiger partial charge in [-0.15, -0.1) is 0 Å². The van der Waals surface area contributed by atoms with Crippen LogP contribution >= 0.6 is 0 Å². The molecular weight excluding hydrogens is 448 g/mol. The lowest BCUT2D eigenvalue weighted by atomic mass is 10.1. The maximum absolute atomic E-state index is 12.2. The molecule has 2 heterocycles. The molecule has 10 nitrogen and oxygen atoms in total. The molecule has 0 aliphatic heterocycles. The number of hydrogen-bond acceptors (Lipinski definition) is 9. The fourth-order valence-electron chi connectivity index (χ4n) is 3.14. The number of aliphatic hydroxyl groups excluding tert-OH is 2. The van der Waals surface area contributed by atoms with Gasteiger partial charge in [0.25, 0.3) is 5.91 Å². The zero-order chi connectivity index (χ0) is 24.6. The highest BCUT2D eigenvalue weighted by Gasteiger charge is 2.11. The summed E-state index contributed by atoms with van der Waals surface area (Å²) in [6, 6.07) is 21.8. The number of benzene rings is 2. The second kappa shape index (κ2) is 11.1. The molecule has 0 aliphatic carbocycles. The Labute approximate surface area is 201 Å². The van der Waals surface area contributed by atoms with Gasteiger partial charge >= 0.3 is 0 Å². The minimum absolute atomic E-state index is 0.0820. The van der Waals surface area contributed by atoms with Crippen molar-refractivity contribution in [3.63, 3.8) is 0 Å². The number of carbonyl (C=O) groups excluding carboxylic acids is 1. The van der Waals surface area contributed by atoms with Crippen LogP contribution in [0, 0.1) is 0 Å². The lowest BCUT2D eigenvalue weighted by Crippen LogP contribution is -2.34. The summed E-state index contributed by atoms with van der Waals surface area (Å²) in [6.45, 7) is -0.526. The molecule has 178 valence electrons. The Kier molecular flexibility index (Phi) is 7.46. The fraction of sp³-hybridized carbons (Fsp3) is 0.120. The summed E-state index contributed by atoms with van der Waals surface area (Å²) in [5.41, 5.74) is 8.44. The summed E-state index contributed by atoms with van der Waals surface area (Å²) >= 11 is 0. The summed E-state index contributed by atoms with van der Waals surface area (Å²) in [5.74, 6) is 1.21. The highest BCUT2D eigenvalue weighted by molar-refractivity contribution is 5.92. The molecule has 35 heavy (non-hydrogen) atoms. The number of ether oxygens (including phenoxy) is 1. The molecule has 2 aromatic carbocycles. The number of amides is 1. The number of aromatic nitrogens is 3. The number of nitrogens with zero attached hydrogens (tertiary/aromatic N) is 3. The quantitative estimate of drug-likeness (QED) is 0.247. The van der Waals surface area contributed by atoms with Crippen LogP contribution in [0.1, 0.15) is 10.5 Å². The molecule has 1 atom stereocenters. The highest BCUT2D eigenvalue weighted by Crippen LogP contribution is 2.26. The van der Waals surface area contributed by atoms with Crippen molar-refractivity contribution >= 4 is 23.4 Å². The number of nitrogens with one attached hydrogen (secondary N) is 2. The number of nitrogens with two attached hydrogens (primary N) is 1. The molecule has 1 amide bonds. The van der Waals surface area contributed by atoms with Gasteiger partial charge in [-0.05, 0) is 30.3 Å². The van der Waals surface area contributed by atoms with Crippen molar-refractivity contribution in [1.29, 1.82) is 0 Å². The monoisotopic (exact) mass is 472 g/mol. The smallest absolute Gasteiger partial charge is 0.270 e. The van der Waals surface area contributed by atoms with E-state index < -0.39 is 18.6 Å². The molecule has 0 saturated carbocycles. The predicted octanol–water partition coefficient (Wildman–Crippen LogP) is 2.74. The number of hydrogen-bond donors (Lipinski definition) is 5. The van der Waals surface area contributed by atoms with Crippen LogP contribution in [-0.2, 0) is 0 Å². The first-order valence-corrected chi connectivity index (χ1v) is 10.8. The van der Waals surface area contributed by atoms with Gasteiger partial charge in [-0.3, -0.25) is 9.78 Å². The van der Waals surface area contributed by atoms with Gasteiger partial charge < -0.3 is 31.3 Å². The van der Waals surface area contributed by atoms with Gasteiger partial charge in [0.05, 0.1) is 18.4 Å². The number of aliphatic hydroxyl groups is 2. The topological polar surface area (TPSA) is 156 Å². The molecule has 0 aliphatic rings. The van der Waals surface area contributed by atoms with Crippen LogP contribution < -0.4 is 21.1 Å². The summed E-state index contributed by atoms with van der Waals surface area (Å²) < 4.78 is 5.83. The van der Waals surface area contributed by atoms with Gasteiger partial charge in [-0.1, -0.05) is 30.3 Å². The van der Waals surface area contributed by atoms with Crippen LogP contribution in [-0.4, -0.2) is 50.3 Å². The fourth-order valence-corrected chi connectivity index (χ4v) is 3.14. The molecule has 0 saturated heterocycles. The second-order valence-electron chi connectivity index (χ2n) is 7.54. The summed E-state index contributed by atoms with van der Waals surface area (Å²) in [6.07, 6.45) is 0.418. The van der Waals surface area contributed by atoms with Gasteiger partial charge in [0.15, 0.2) is 0 Å². The lowest BCUT2D eigenvalue weighted by Gasteiger charge is -2.11. The summed E-state index contributed by atoms with van der Waals surface area (Å²) in [5, 5.41) is 23.9. The third-order valence-corrected chi connectivity index (χ3v) is 4.85. The molecule has 1 unspecified atom stereocenters. The second-order valence-corrected chi connectivity index (χ2v) is 7.54. The van der Waals surface area contributed by atoms with E-state index in [9.17, 15) is 9.90 Å². The van der Waals surface area contributed by atoms with E-state index in [4.69, 9.17) is 15.6 Å². The largest absolute Gasteiger partial charge is 0.457 e. The van der Waals surface area contributed by atoms with E-state index in [0.29, 0.717) is 23.0 Å². The standard InChI is InChI=1S/C25H24N6O4/c26-25-30-21(16-4-2-1-3-5-16)13-23(31-25)29-17-6-8-19(9-7-17)35-20-10-11-27-22(12-20)24(34)28-14-18(33)15-32/h1-13,18,32-33H,14-15H2,(H,28,34)(H3,26,29,30,31). The van der Waals surface area contributed by atoms with Crippen LogP contribution in [0.3, 0.4) is 0 Å². The number of anilines is 3. The first-order chi connectivity index (χ1) is 17.0. The molecule has 4 aromatic rings. The molecular formula is C25H24N6O4. The van der Waals surface area contributed by atoms with Gasteiger partial charge in [0.2, 0.25) is 5.95 Å². The first-order valence-electron chi connectivity index (χ1n) is 10.8. The van der Waals surface area contributed by atoms with Crippen LogP contribution in [0.5, 0.6) is 11.5 Å². The van der Waals surface area contributed by atoms with E-state index in [1.807, 2.05) is 48.5 Å². The number of carbonyl (C=O) groups is 1. The number of rotatable bonds is 9. The Morgan fingerprint density at radius 3 is 2.51 bits per heavy atom. The van der Waals surface area contributed by atoms with E-state index in [1.54, 1.807) is 18.2 Å². The molecule has 0 bridgehead atoms. The zero-order valence-corrected chi connectivity index (χ0v) is 18.6. The minimum Gasteiger partial charge on any atom is -0.457 e. The van der Waals surface area contributed by atoms with Crippen molar-refractivity contribution in [2.45, 2.75) is 6.10 Å². The Morgan fingerprint density at radius 1 is 1.00 bits per heavy atom. The Balaban J connectivity index is 1.41. The van der Waals surface area contributed by atoms with Crippen molar-refractivity contribution in [3.8, 4) is 22.8 Å². The van der Waals surface area contributed by atoms with Gasteiger partial charge in [-0.25, -0.2) is 4.98 Å². The van der Waals surface area contributed by atoms with Crippen molar-refractivity contribution in [3.05, 3.63) is 84.7 Å². The van der Waals surface area contributed by atoms with E-state index in [1.165, 1.54) is 12.3 Å². The highest BCUT2D eigenvalue weighted by atomic mass is 16.5. The Bertz CT molecular complexity index is 1280. The maximum Gasteiger partial charge on any atom is 0.270 e. The Morgan fingerprint density at radius 2 is 1.77 bits per heavy atom. The molecule has 0 fully saturated rings. The van der Waals surface area contributed by atoms with Crippen LogP contribution in [0.25, 0.3) is 11.3 Å².